The average Bonchev–Trinajstić information content (AvgIpc) is 2.57. The van der Waals surface area contributed by atoms with Gasteiger partial charge in [-0.1, -0.05) is 24.3 Å². The molecule has 0 unspecified atom stereocenters. The average molecular weight is 322 g/mol. The van der Waals surface area contributed by atoms with E-state index in [9.17, 15) is 24.3 Å². The van der Waals surface area contributed by atoms with E-state index in [4.69, 9.17) is 0 Å². The third kappa shape index (κ3) is 2.52. The summed E-state index contributed by atoms with van der Waals surface area (Å²) in [6, 6.07) is 12.7. The number of pyridine rings is 1. The third-order valence-corrected chi connectivity index (χ3v) is 3.76. The van der Waals surface area contributed by atoms with E-state index in [0.717, 1.165) is 6.20 Å². The summed E-state index contributed by atoms with van der Waals surface area (Å²) in [5.41, 5.74) is -0.160. The van der Waals surface area contributed by atoms with E-state index in [2.05, 4.69) is 0 Å². The Hall–Kier alpha value is -3.46. The van der Waals surface area contributed by atoms with Crippen molar-refractivity contribution < 1.29 is 14.3 Å². The SMILES string of the molecule is N#Cc1ccccc1Cn1cc(C(=O)O)c(=O)c2cccc(F)c21. The molecule has 2 aromatic carbocycles. The van der Waals surface area contributed by atoms with Crippen LogP contribution in [0.3, 0.4) is 0 Å². The first kappa shape index (κ1) is 15.4. The molecule has 0 fully saturated rings. The molecule has 3 aromatic rings. The maximum atomic E-state index is 14.3. The van der Waals surface area contributed by atoms with Gasteiger partial charge in [0.25, 0.3) is 0 Å². The number of carbonyl (C=O) groups is 1. The predicted octanol–water partition coefficient (Wildman–Crippen LogP) is 2.76. The van der Waals surface area contributed by atoms with Crippen LogP contribution in [0.2, 0.25) is 0 Å². The topological polar surface area (TPSA) is 83.1 Å². The fourth-order valence-electron chi connectivity index (χ4n) is 2.64. The molecule has 0 saturated heterocycles. The quantitative estimate of drug-likeness (QED) is 0.803. The molecule has 0 saturated carbocycles. The summed E-state index contributed by atoms with van der Waals surface area (Å²) in [7, 11) is 0. The van der Waals surface area contributed by atoms with Crippen molar-refractivity contribution in [2.45, 2.75) is 6.54 Å². The van der Waals surface area contributed by atoms with Crippen molar-refractivity contribution >= 4 is 16.9 Å². The second-order valence-electron chi connectivity index (χ2n) is 5.21. The molecule has 0 aliphatic carbocycles. The Kier molecular flexibility index (Phi) is 3.84. The van der Waals surface area contributed by atoms with Crippen molar-refractivity contribution in [2.24, 2.45) is 0 Å². The lowest BCUT2D eigenvalue weighted by Gasteiger charge is -2.14. The second kappa shape index (κ2) is 5.97. The van der Waals surface area contributed by atoms with Gasteiger partial charge in [-0.15, -0.1) is 0 Å². The van der Waals surface area contributed by atoms with Gasteiger partial charge in [0.15, 0.2) is 0 Å². The maximum absolute atomic E-state index is 14.3. The Morgan fingerprint density at radius 2 is 1.96 bits per heavy atom. The lowest BCUT2D eigenvalue weighted by atomic mass is 10.1. The monoisotopic (exact) mass is 322 g/mol. The number of halogens is 1. The van der Waals surface area contributed by atoms with Gasteiger partial charge in [0.2, 0.25) is 5.43 Å². The first-order valence-electron chi connectivity index (χ1n) is 7.06. The number of carboxylic acids is 1. The van der Waals surface area contributed by atoms with Crippen LogP contribution in [0.25, 0.3) is 10.9 Å². The van der Waals surface area contributed by atoms with Crippen LogP contribution < -0.4 is 5.43 Å². The molecule has 5 nitrogen and oxygen atoms in total. The van der Waals surface area contributed by atoms with E-state index in [1.54, 1.807) is 24.3 Å². The molecule has 24 heavy (non-hydrogen) atoms. The Morgan fingerprint density at radius 3 is 2.67 bits per heavy atom. The molecule has 0 atom stereocenters. The van der Waals surface area contributed by atoms with Crippen molar-refractivity contribution in [3.8, 4) is 6.07 Å². The minimum Gasteiger partial charge on any atom is -0.477 e. The number of aromatic nitrogens is 1. The Balaban J connectivity index is 2.31. The molecular formula is C18H11FN2O3. The number of rotatable bonds is 3. The molecule has 3 rings (SSSR count). The summed E-state index contributed by atoms with van der Waals surface area (Å²) < 4.78 is 15.6. The van der Waals surface area contributed by atoms with Gasteiger partial charge in [0, 0.05) is 18.1 Å². The lowest BCUT2D eigenvalue weighted by Crippen LogP contribution is -2.20. The molecule has 0 aliphatic rings. The van der Waals surface area contributed by atoms with Gasteiger partial charge in [0.05, 0.1) is 17.1 Å². The Labute approximate surface area is 135 Å². The number of nitrogens with zero attached hydrogens (tertiary/aromatic N) is 2. The fraction of sp³-hybridized carbons (Fsp3) is 0.0556. The van der Waals surface area contributed by atoms with Gasteiger partial charge in [-0.3, -0.25) is 4.79 Å². The molecule has 0 aliphatic heterocycles. The first-order chi connectivity index (χ1) is 11.5. The molecule has 6 heteroatoms. The highest BCUT2D eigenvalue weighted by atomic mass is 19.1. The van der Waals surface area contributed by atoms with Gasteiger partial charge >= 0.3 is 5.97 Å². The number of fused-ring (bicyclic) bond motifs is 1. The number of benzene rings is 2. The van der Waals surface area contributed by atoms with Gasteiger partial charge < -0.3 is 9.67 Å². The van der Waals surface area contributed by atoms with Gasteiger partial charge in [-0.2, -0.15) is 5.26 Å². The van der Waals surface area contributed by atoms with Crippen LogP contribution >= 0.6 is 0 Å². The van der Waals surface area contributed by atoms with Crippen molar-refractivity contribution in [1.82, 2.24) is 4.57 Å². The summed E-state index contributed by atoms with van der Waals surface area (Å²) in [5, 5.41) is 18.4. The third-order valence-electron chi connectivity index (χ3n) is 3.76. The van der Waals surface area contributed by atoms with E-state index in [-0.39, 0.29) is 17.4 Å². The first-order valence-corrected chi connectivity index (χ1v) is 7.06. The van der Waals surface area contributed by atoms with E-state index >= 15 is 0 Å². The van der Waals surface area contributed by atoms with Crippen molar-refractivity contribution in [3.63, 3.8) is 0 Å². The van der Waals surface area contributed by atoms with Gasteiger partial charge in [0.1, 0.15) is 11.4 Å². The van der Waals surface area contributed by atoms with Crippen molar-refractivity contribution in [3.05, 3.63) is 81.4 Å². The highest BCUT2D eigenvalue weighted by molar-refractivity contribution is 5.92. The molecule has 1 aromatic heterocycles. The zero-order valence-electron chi connectivity index (χ0n) is 12.4. The van der Waals surface area contributed by atoms with E-state index in [0.29, 0.717) is 11.1 Å². The molecular weight excluding hydrogens is 311 g/mol. The molecule has 1 heterocycles. The molecule has 0 amide bonds. The zero-order valence-corrected chi connectivity index (χ0v) is 12.4. The minimum absolute atomic E-state index is 0.00987. The van der Waals surface area contributed by atoms with Crippen LogP contribution in [0.1, 0.15) is 21.5 Å². The summed E-state index contributed by atoms with van der Waals surface area (Å²) >= 11 is 0. The predicted molar refractivity (Wildman–Crippen MR) is 85.4 cm³/mol. The molecule has 1 N–H and O–H groups in total. The number of hydrogen-bond donors (Lipinski definition) is 1. The largest absolute Gasteiger partial charge is 0.477 e. The molecule has 0 spiro atoms. The van der Waals surface area contributed by atoms with Crippen molar-refractivity contribution in [2.75, 3.05) is 0 Å². The van der Waals surface area contributed by atoms with Crippen LogP contribution in [-0.2, 0) is 6.54 Å². The summed E-state index contributed by atoms with van der Waals surface area (Å²) in [4.78, 5) is 23.6. The number of para-hydroxylation sites is 1. The summed E-state index contributed by atoms with van der Waals surface area (Å²) in [6.07, 6.45) is 1.12. The highest BCUT2D eigenvalue weighted by Gasteiger charge is 2.17. The van der Waals surface area contributed by atoms with Crippen LogP contribution in [0.4, 0.5) is 4.39 Å². The normalized spacial score (nSPS) is 10.5. The van der Waals surface area contributed by atoms with Crippen LogP contribution in [-0.4, -0.2) is 15.6 Å². The lowest BCUT2D eigenvalue weighted by molar-refractivity contribution is 0.0695. The van der Waals surface area contributed by atoms with E-state index in [1.165, 1.54) is 22.8 Å². The van der Waals surface area contributed by atoms with Crippen molar-refractivity contribution in [1.29, 1.82) is 5.26 Å². The maximum Gasteiger partial charge on any atom is 0.341 e. The number of hydrogen-bond acceptors (Lipinski definition) is 3. The second-order valence-corrected chi connectivity index (χ2v) is 5.21. The summed E-state index contributed by atoms with van der Waals surface area (Å²) in [5.74, 6) is -2.01. The molecule has 118 valence electrons. The standard InChI is InChI=1S/C18H11FN2O3/c19-15-7-3-6-13-16(15)21(10-14(17(13)22)18(23)24)9-12-5-2-1-4-11(12)8-20/h1-7,10H,9H2,(H,23,24). The smallest absolute Gasteiger partial charge is 0.341 e. The zero-order chi connectivity index (χ0) is 17.3. The summed E-state index contributed by atoms with van der Waals surface area (Å²) in [6.45, 7) is 0.0712. The molecule has 0 radical (unpaired) electrons. The fourth-order valence-corrected chi connectivity index (χ4v) is 2.64. The van der Waals surface area contributed by atoms with E-state index < -0.39 is 22.8 Å². The van der Waals surface area contributed by atoms with Crippen LogP contribution in [0.5, 0.6) is 0 Å². The highest BCUT2D eigenvalue weighted by Crippen LogP contribution is 2.19. The van der Waals surface area contributed by atoms with Crippen LogP contribution in [0, 0.1) is 17.1 Å². The van der Waals surface area contributed by atoms with Crippen LogP contribution in [0.15, 0.2) is 53.5 Å². The minimum atomic E-state index is -1.38. The van der Waals surface area contributed by atoms with E-state index in [1.807, 2.05) is 6.07 Å². The number of aromatic carboxylic acids is 1. The Bertz CT molecular complexity index is 1060. The van der Waals surface area contributed by atoms with Gasteiger partial charge in [-0.25, -0.2) is 9.18 Å². The van der Waals surface area contributed by atoms with Gasteiger partial charge in [-0.05, 0) is 23.8 Å². The Morgan fingerprint density at radius 1 is 1.21 bits per heavy atom. The number of nitriles is 1. The molecule has 0 bridgehead atoms. The number of carboxylic acid groups (broad SMARTS) is 1.